The maximum atomic E-state index is 12.8. The van der Waals surface area contributed by atoms with Gasteiger partial charge in [0.15, 0.2) is 0 Å². The summed E-state index contributed by atoms with van der Waals surface area (Å²) in [5.74, 6) is 0.392. The van der Waals surface area contributed by atoms with Gasteiger partial charge in [-0.25, -0.2) is 0 Å². The summed E-state index contributed by atoms with van der Waals surface area (Å²) in [5.41, 5.74) is 2.40. The molecular weight excluding hydrogens is 382 g/mol. The molecule has 152 valence electrons. The van der Waals surface area contributed by atoms with Gasteiger partial charge in [0, 0.05) is 32.4 Å². The fourth-order valence-electron chi connectivity index (χ4n) is 3.32. The Morgan fingerprint density at radius 2 is 2.00 bits per heavy atom. The van der Waals surface area contributed by atoms with Crippen molar-refractivity contribution < 1.29 is 17.9 Å². The predicted octanol–water partition coefficient (Wildman–Crippen LogP) is 0.633. The minimum absolute atomic E-state index is 0.303. The molecule has 9 nitrogen and oxygen atoms in total. The van der Waals surface area contributed by atoms with Crippen LogP contribution < -0.4 is 14.8 Å². The Morgan fingerprint density at radius 1 is 1.32 bits per heavy atom. The Bertz CT molecular complexity index is 955. The van der Waals surface area contributed by atoms with Gasteiger partial charge in [-0.05, 0) is 31.0 Å². The van der Waals surface area contributed by atoms with Crippen LogP contribution in [0.3, 0.4) is 0 Å². The average molecular weight is 407 g/mol. The second-order valence-corrected chi connectivity index (χ2v) is 8.61. The average Bonchev–Trinajstić information content (AvgIpc) is 3.00. The molecule has 0 aliphatic carbocycles. The van der Waals surface area contributed by atoms with Crippen LogP contribution in [0.1, 0.15) is 29.3 Å². The number of aryl methyl sites for hydroxylation is 2. The highest BCUT2D eigenvalue weighted by atomic mass is 32.2. The number of methoxy groups -OCH3 is 1. The van der Waals surface area contributed by atoms with E-state index in [2.05, 4.69) is 15.1 Å². The van der Waals surface area contributed by atoms with Gasteiger partial charge in [0.05, 0.1) is 18.8 Å². The molecule has 0 bridgehead atoms. The van der Waals surface area contributed by atoms with Crippen LogP contribution in [0.25, 0.3) is 0 Å². The number of carbonyl (C=O) groups is 1. The highest BCUT2D eigenvalue weighted by molar-refractivity contribution is 7.87. The molecule has 1 saturated heterocycles. The first-order valence-electron chi connectivity index (χ1n) is 8.87. The van der Waals surface area contributed by atoms with E-state index in [1.807, 2.05) is 31.2 Å². The van der Waals surface area contributed by atoms with Crippen molar-refractivity contribution in [2.75, 3.05) is 14.2 Å². The lowest BCUT2D eigenvalue weighted by atomic mass is 10.00. The third-order valence-corrected chi connectivity index (χ3v) is 6.52. The van der Waals surface area contributed by atoms with Gasteiger partial charge >= 0.3 is 0 Å². The quantitative estimate of drug-likeness (QED) is 0.756. The van der Waals surface area contributed by atoms with E-state index in [1.165, 1.54) is 7.05 Å². The molecule has 2 aromatic rings. The van der Waals surface area contributed by atoms with Crippen molar-refractivity contribution >= 4 is 16.1 Å². The van der Waals surface area contributed by atoms with Crippen molar-refractivity contribution in [1.29, 1.82) is 0 Å². The molecule has 1 aliphatic heterocycles. The number of hydrogen-bond donors (Lipinski definition) is 2. The van der Waals surface area contributed by atoms with Gasteiger partial charge in [-0.3, -0.25) is 9.48 Å². The van der Waals surface area contributed by atoms with Crippen LogP contribution in [-0.4, -0.2) is 48.6 Å². The van der Waals surface area contributed by atoms with Crippen LogP contribution in [0, 0.1) is 6.92 Å². The summed E-state index contributed by atoms with van der Waals surface area (Å²) in [4.78, 5) is 12.8. The molecule has 1 fully saturated rings. The largest absolute Gasteiger partial charge is 0.497 e. The van der Waals surface area contributed by atoms with Crippen molar-refractivity contribution in [2.24, 2.45) is 7.05 Å². The summed E-state index contributed by atoms with van der Waals surface area (Å²) >= 11 is 0. The summed E-state index contributed by atoms with van der Waals surface area (Å²) in [5, 5.41) is 7.10. The van der Waals surface area contributed by atoms with Gasteiger partial charge < -0.3 is 10.1 Å². The van der Waals surface area contributed by atoms with Crippen molar-refractivity contribution in [3.05, 3.63) is 47.3 Å². The highest BCUT2D eigenvalue weighted by Crippen LogP contribution is 2.29. The number of nitrogens with zero attached hydrogens (tertiary/aromatic N) is 3. The van der Waals surface area contributed by atoms with Crippen molar-refractivity contribution in [2.45, 2.75) is 32.0 Å². The molecule has 2 heterocycles. The van der Waals surface area contributed by atoms with E-state index in [-0.39, 0.29) is 5.91 Å². The van der Waals surface area contributed by atoms with Gasteiger partial charge in [0.25, 0.3) is 10.2 Å². The van der Waals surface area contributed by atoms with Crippen molar-refractivity contribution in [3.8, 4) is 5.75 Å². The van der Waals surface area contributed by atoms with Gasteiger partial charge in [-0.2, -0.15) is 22.5 Å². The summed E-state index contributed by atoms with van der Waals surface area (Å²) in [6, 6.07) is 6.00. The number of aromatic nitrogens is 2. The Hall–Kier alpha value is -2.43. The number of carbonyl (C=O) groups excluding carboxylic acids is 1. The molecular formula is C18H25N5O4S. The van der Waals surface area contributed by atoms with Crippen LogP contribution in [0.2, 0.25) is 0 Å². The lowest BCUT2D eigenvalue weighted by molar-refractivity contribution is -0.125. The summed E-state index contributed by atoms with van der Waals surface area (Å²) in [6.07, 6.45) is 2.09. The molecule has 2 N–H and O–H groups in total. The Balaban J connectivity index is 1.74. The SMILES string of the molecule is COc1ccc(CNC(=O)[C@H]2C[C@H](c3cn(C)nc3C)NS(=O)(=O)N2C)cc1. The number of benzene rings is 1. The maximum Gasteiger partial charge on any atom is 0.280 e. The van der Waals surface area contributed by atoms with E-state index >= 15 is 0 Å². The maximum absolute atomic E-state index is 12.8. The van der Waals surface area contributed by atoms with Gasteiger partial charge in [-0.15, -0.1) is 0 Å². The number of nitrogens with one attached hydrogen (secondary N) is 2. The zero-order valence-electron chi connectivity index (χ0n) is 16.3. The summed E-state index contributed by atoms with van der Waals surface area (Å²) < 4.78 is 35.5. The third-order valence-electron chi connectivity index (χ3n) is 4.92. The number of likely N-dealkylation sites (N-methyl/N-ethyl adjacent to an activating group) is 1. The molecule has 10 heteroatoms. The highest BCUT2D eigenvalue weighted by Gasteiger charge is 2.41. The second-order valence-electron chi connectivity index (χ2n) is 6.85. The Morgan fingerprint density at radius 3 is 2.57 bits per heavy atom. The third kappa shape index (κ3) is 4.18. The molecule has 0 saturated carbocycles. The minimum atomic E-state index is -3.78. The molecule has 0 unspecified atom stereocenters. The molecule has 28 heavy (non-hydrogen) atoms. The van der Waals surface area contributed by atoms with Crippen LogP contribution in [-0.2, 0) is 28.6 Å². The molecule has 2 atom stereocenters. The first-order valence-corrected chi connectivity index (χ1v) is 10.3. The van der Waals surface area contributed by atoms with Crippen molar-refractivity contribution in [1.82, 2.24) is 24.1 Å². The molecule has 0 spiro atoms. The zero-order chi connectivity index (χ0) is 20.5. The van der Waals surface area contributed by atoms with Crippen LogP contribution in [0.15, 0.2) is 30.5 Å². The number of ether oxygens (including phenoxy) is 1. The monoisotopic (exact) mass is 407 g/mol. The summed E-state index contributed by atoms with van der Waals surface area (Å²) in [7, 11) is 0.990. The van der Waals surface area contributed by atoms with Crippen molar-refractivity contribution in [3.63, 3.8) is 0 Å². The topological polar surface area (TPSA) is 106 Å². The number of rotatable bonds is 5. The van der Waals surface area contributed by atoms with E-state index < -0.39 is 22.3 Å². The fourth-order valence-corrected chi connectivity index (χ4v) is 4.59. The first kappa shape index (κ1) is 20.3. The molecule has 0 radical (unpaired) electrons. The lowest BCUT2D eigenvalue weighted by Crippen LogP contribution is -2.57. The first-order chi connectivity index (χ1) is 13.2. The summed E-state index contributed by atoms with van der Waals surface area (Å²) in [6.45, 7) is 2.12. The molecule has 1 aromatic heterocycles. The second kappa shape index (κ2) is 7.90. The Kier molecular flexibility index (Phi) is 5.73. The van der Waals surface area contributed by atoms with E-state index in [1.54, 1.807) is 25.0 Å². The van der Waals surface area contributed by atoms with E-state index in [0.29, 0.717) is 13.0 Å². The lowest BCUT2D eigenvalue weighted by Gasteiger charge is -2.36. The van der Waals surface area contributed by atoms with Gasteiger partial charge in [-0.1, -0.05) is 12.1 Å². The fraction of sp³-hybridized carbons (Fsp3) is 0.444. The predicted molar refractivity (Wildman–Crippen MR) is 104 cm³/mol. The Labute approximate surface area is 164 Å². The number of amides is 1. The van der Waals surface area contributed by atoms with E-state index in [0.717, 1.165) is 26.9 Å². The standard InChI is InChI=1S/C18H25N5O4S/c1-12-15(11-22(2)20-12)16-9-17(23(3)28(25,26)21-16)18(24)19-10-13-5-7-14(27-4)8-6-13/h5-8,11,16-17,21H,9-10H2,1-4H3,(H,19,24)/t16-,17-/m1/s1. The number of hydrogen-bond acceptors (Lipinski definition) is 5. The normalized spacial score (nSPS) is 22.0. The smallest absolute Gasteiger partial charge is 0.280 e. The van der Waals surface area contributed by atoms with Gasteiger partial charge in [0.2, 0.25) is 5.91 Å². The molecule has 3 rings (SSSR count). The minimum Gasteiger partial charge on any atom is -0.497 e. The van der Waals surface area contributed by atoms with Crippen LogP contribution in [0.5, 0.6) is 5.75 Å². The van der Waals surface area contributed by atoms with E-state index in [4.69, 9.17) is 4.74 Å². The zero-order valence-corrected chi connectivity index (χ0v) is 17.2. The van der Waals surface area contributed by atoms with Crippen LogP contribution >= 0.6 is 0 Å². The molecule has 1 amide bonds. The molecule has 1 aromatic carbocycles. The van der Waals surface area contributed by atoms with Gasteiger partial charge in [0.1, 0.15) is 11.8 Å². The van der Waals surface area contributed by atoms with E-state index in [9.17, 15) is 13.2 Å². The van der Waals surface area contributed by atoms with Crippen LogP contribution in [0.4, 0.5) is 0 Å². The molecule has 1 aliphatic rings.